The summed E-state index contributed by atoms with van der Waals surface area (Å²) in [5.74, 6) is 1.43. The Hall–Kier alpha value is -1.79. The molecule has 3 rings (SSSR count). The standard InChI is InChI=1S/C14H19N5O/c1-20-8-7-15-10-14-16-17-18-19(14)13-9-12(13)11-5-3-2-4-6-11/h2-6,12-13,15H,7-10H2,1H3. The second-order valence-corrected chi connectivity index (χ2v) is 5.03. The van der Waals surface area contributed by atoms with Crippen molar-refractivity contribution >= 4 is 0 Å². The number of benzene rings is 1. The first-order valence-corrected chi connectivity index (χ1v) is 6.91. The number of rotatable bonds is 7. The molecule has 0 radical (unpaired) electrons. The van der Waals surface area contributed by atoms with Crippen LogP contribution in [0.1, 0.15) is 29.8 Å². The van der Waals surface area contributed by atoms with Crippen LogP contribution < -0.4 is 5.32 Å². The third kappa shape index (κ3) is 2.86. The smallest absolute Gasteiger partial charge is 0.165 e. The monoisotopic (exact) mass is 273 g/mol. The van der Waals surface area contributed by atoms with Crippen molar-refractivity contribution in [2.75, 3.05) is 20.3 Å². The average Bonchev–Trinajstić information content (AvgIpc) is 3.16. The number of nitrogens with one attached hydrogen (secondary N) is 1. The summed E-state index contributed by atoms with van der Waals surface area (Å²) in [5.41, 5.74) is 1.37. The molecule has 0 bridgehead atoms. The maximum atomic E-state index is 5.01. The van der Waals surface area contributed by atoms with Crippen LogP contribution in [-0.4, -0.2) is 40.5 Å². The highest BCUT2D eigenvalue weighted by Gasteiger charge is 2.42. The van der Waals surface area contributed by atoms with E-state index in [1.165, 1.54) is 5.56 Å². The molecule has 0 amide bonds. The average molecular weight is 273 g/mol. The first kappa shape index (κ1) is 13.2. The molecule has 1 aromatic heterocycles. The lowest BCUT2D eigenvalue weighted by Crippen LogP contribution is -2.21. The number of ether oxygens (including phenoxy) is 1. The molecule has 1 heterocycles. The highest BCUT2D eigenvalue weighted by Crippen LogP contribution is 2.51. The van der Waals surface area contributed by atoms with Gasteiger partial charge in [0.2, 0.25) is 0 Å². The van der Waals surface area contributed by atoms with Crippen LogP contribution >= 0.6 is 0 Å². The number of methoxy groups -OCH3 is 1. The van der Waals surface area contributed by atoms with Gasteiger partial charge in [0, 0.05) is 19.6 Å². The van der Waals surface area contributed by atoms with Gasteiger partial charge < -0.3 is 10.1 Å². The molecule has 1 fully saturated rings. The molecule has 2 atom stereocenters. The molecular formula is C14H19N5O. The first-order chi connectivity index (χ1) is 9.90. The summed E-state index contributed by atoms with van der Waals surface area (Å²) < 4.78 is 6.96. The molecule has 20 heavy (non-hydrogen) atoms. The zero-order valence-corrected chi connectivity index (χ0v) is 11.6. The Morgan fingerprint density at radius 3 is 3.00 bits per heavy atom. The van der Waals surface area contributed by atoms with E-state index in [4.69, 9.17) is 4.74 Å². The van der Waals surface area contributed by atoms with E-state index in [9.17, 15) is 0 Å². The second kappa shape index (κ2) is 6.11. The van der Waals surface area contributed by atoms with Gasteiger partial charge in [-0.25, -0.2) is 4.68 Å². The van der Waals surface area contributed by atoms with Crippen molar-refractivity contribution < 1.29 is 4.74 Å². The molecular weight excluding hydrogens is 254 g/mol. The summed E-state index contributed by atoms with van der Waals surface area (Å²) in [4.78, 5) is 0. The summed E-state index contributed by atoms with van der Waals surface area (Å²) >= 11 is 0. The topological polar surface area (TPSA) is 64.9 Å². The van der Waals surface area contributed by atoms with Gasteiger partial charge in [0.05, 0.1) is 19.2 Å². The predicted molar refractivity (Wildman–Crippen MR) is 74.2 cm³/mol. The van der Waals surface area contributed by atoms with Gasteiger partial charge in [-0.05, 0) is 22.4 Å². The van der Waals surface area contributed by atoms with Crippen LogP contribution in [0, 0.1) is 0 Å². The Morgan fingerprint density at radius 2 is 2.20 bits per heavy atom. The third-order valence-corrected chi connectivity index (χ3v) is 3.63. The summed E-state index contributed by atoms with van der Waals surface area (Å²) in [5, 5.41) is 15.3. The third-order valence-electron chi connectivity index (χ3n) is 3.63. The van der Waals surface area contributed by atoms with Crippen molar-refractivity contribution in [2.24, 2.45) is 0 Å². The van der Waals surface area contributed by atoms with E-state index in [1.807, 2.05) is 10.7 Å². The number of tetrazole rings is 1. The van der Waals surface area contributed by atoms with E-state index in [0.29, 0.717) is 25.1 Å². The minimum atomic E-state index is 0.395. The van der Waals surface area contributed by atoms with Crippen LogP contribution in [0.15, 0.2) is 30.3 Å². The normalized spacial score (nSPS) is 21.1. The summed E-state index contributed by atoms with van der Waals surface area (Å²) in [6, 6.07) is 10.9. The van der Waals surface area contributed by atoms with Crippen molar-refractivity contribution in [3.63, 3.8) is 0 Å². The number of hydrogen-bond donors (Lipinski definition) is 1. The van der Waals surface area contributed by atoms with Crippen LogP contribution in [0.4, 0.5) is 0 Å². The summed E-state index contributed by atoms with van der Waals surface area (Å²) in [7, 11) is 1.69. The molecule has 6 heteroatoms. The van der Waals surface area contributed by atoms with Crippen LogP contribution in [0.3, 0.4) is 0 Å². The molecule has 6 nitrogen and oxygen atoms in total. The molecule has 1 aromatic carbocycles. The van der Waals surface area contributed by atoms with Gasteiger partial charge in [0.25, 0.3) is 0 Å². The van der Waals surface area contributed by atoms with Crippen LogP contribution in [0.2, 0.25) is 0 Å². The van der Waals surface area contributed by atoms with E-state index in [2.05, 4.69) is 45.1 Å². The lowest BCUT2D eigenvalue weighted by atomic mass is 10.1. The maximum Gasteiger partial charge on any atom is 0.165 e. The van der Waals surface area contributed by atoms with Crippen LogP contribution in [-0.2, 0) is 11.3 Å². The minimum absolute atomic E-state index is 0.395. The number of nitrogens with zero attached hydrogens (tertiary/aromatic N) is 4. The van der Waals surface area contributed by atoms with E-state index in [0.717, 1.165) is 18.8 Å². The molecule has 106 valence electrons. The molecule has 1 saturated carbocycles. The lowest BCUT2D eigenvalue weighted by Gasteiger charge is -2.05. The van der Waals surface area contributed by atoms with E-state index >= 15 is 0 Å². The van der Waals surface area contributed by atoms with Crippen LogP contribution in [0.5, 0.6) is 0 Å². The molecule has 1 N–H and O–H groups in total. The largest absolute Gasteiger partial charge is 0.383 e. The molecule has 0 spiro atoms. The SMILES string of the molecule is COCCNCc1nnnn1C1CC1c1ccccc1. The highest BCUT2D eigenvalue weighted by atomic mass is 16.5. The maximum absolute atomic E-state index is 5.01. The van der Waals surface area contributed by atoms with Gasteiger partial charge >= 0.3 is 0 Å². The van der Waals surface area contributed by atoms with Crippen molar-refractivity contribution in [2.45, 2.75) is 24.9 Å². The molecule has 0 aliphatic heterocycles. The molecule has 0 saturated heterocycles. The van der Waals surface area contributed by atoms with E-state index in [1.54, 1.807) is 7.11 Å². The van der Waals surface area contributed by atoms with Gasteiger partial charge in [-0.3, -0.25) is 0 Å². The van der Waals surface area contributed by atoms with Gasteiger partial charge in [-0.2, -0.15) is 0 Å². The molecule has 1 aliphatic rings. The summed E-state index contributed by atoms with van der Waals surface area (Å²) in [6.45, 7) is 2.17. The fraction of sp³-hybridized carbons (Fsp3) is 0.500. The van der Waals surface area contributed by atoms with Gasteiger partial charge in [0.15, 0.2) is 5.82 Å². The van der Waals surface area contributed by atoms with E-state index in [-0.39, 0.29) is 0 Å². The van der Waals surface area contributed by atoms with Gasteiger partial charge in [-0.1, -0.05) is 30.3 Å². The fourth-order valence-electron chi connectivity index (χ4n) is 2.47. The zero-order chi connectivity index (χ0) is 13.8. The van der Waals surface area contributed by atoms with Gasteiger partial charge in [-0.15, -0.1) is 5.10 Å². The predicted octanol–water partition coefficient (Wildman–Crippen LogP) is 1.14. The lowest BCUT2D eigenvalue weighted by molar-refractivity contribution is 0.198. The molecule has 1 aliphatic carbocycles. The summed E-state index contributed by atoms with van der Waals surface area (Å²) in [6.07, 6.45) is 1.11. The van der Waals surface area contributed by atoms with Crippen LogP contribution in [0.25, 0.3) is 0 Å². The van der Waals surface area contributed by atoms with Crippen molar-refractivity contribution in [3.8, 4) is 0 Å². The Kier molecular flexibility index (Phi) is 4.03. The Bertz CT molecular complexity index is 542. The quantitative estimate of drug-likeness (QED) is 0.766. The number of hydrogen-bond acceptors (Lipinski definition) is 5. The Morgan fingerprint density at radius 1 is 1.35 bits per heavy atom. The Labute approximate surface area is 118 Å². The minimum Gasteiger partial charge on any atom is -0.383 e. The first-order valence-electron chi connectivity index (χ1n) is 6.91. The fourth-order valence-corrected chi connectivity index (χ4v) is 2.47. The van der Waals surface area contributed by atoms with Gasteiger partial charge in [0.1, 0.15) is 0 Å². The second-order valence-electron chi connectivity index (χ2n) is 5.03. The molecule has 2 aromatic rings. The Balaban J connectivity index is 1.60. The van der Waals surface area contributed by atoms with Crippen molar-refractivity contribution in [3.05, 3.63) is 41.7 Å². The highest BCUT2D eigenvalue weighted by molar-refractivity contribution is 5.26. The van der Waals surface area contributed by atoms with Crippen molar-refractivity contribution in [1.29, 1.82) is 0 Å². The zero-order valence-electron chi connectivity index (χ0n) is 11.6. The molecule has 2 unspecified atom stereocenters. The van der Waals surface area contributed by atoms with Crippen molar-refractivity contribution in [1.82, 2.24) is 25.5 Å². The van der Waals surface area contributed by atoms with E-state index < -0.39 is 0 Å². The number of aromatic nitrogens is 4.